The van der Waals surface area contributed by atoms with Gasteiger partial charge in [-0.15, -0.1) is 4.40 Å². The van der Waals surface area contributed by atoms with E-state index in [1.165, 1.54) is 6.07 Å². The van der Waals surface area contributed by atoms with E-state index in [4.69, 9.17) is 17.0 Å². The number of hydrogen-bond donors (Lipinski definition) is 2. The highest BCUT2D eigenvalue weighted by molar-refractivity contribution is 8.26. The lowest BCUT2D eigenvalue weighted by molar-refractivity contribution is -0.124. The Morgan fingerprint density at radius 1 is 1.05 bits per heavy atom. The van der Waals surface area contributed by atoms with Crippen molar-refractivity contribution in [2.75, 3.05) is 6.61 Å². The Hall–Kier alpha value is -4.00. The van der Waals surface area contributed by atoms with Crippen LogP contribution in [0.5, 0.6) is 5.75 Å². The largest absolute Gasteiger partial charge is 0.484 e. The smallest absolute Gasteiger partial charge is 0.285 e. The number of thiocarbonyl (C=S) groups is 1. The Bertz CT molecular complexity index is 1600. The van der Waals surface area contributed by atoms with E-state index in [2.05, 4.69) is 15.1 Å². The lowest BCUT2D eigenvalue weighted by atomic mass is 10.2. The summed E-state index contributed by atoms with van der Waals surface area (Å²) >= 11 is 6.42. The number of thioether (sulfide) groups is 1. The molecule has 3 aromatic carbocycles. The number of rotatable bonds is 7. The number of nitrogens with one attached hydrogen (secondary N) is 2. The monoisotopic (exact) mass is 564 g/mol. The van der Waals surface area contributed by atoms with Gasteiger partial charge in [0.15, 0.2) is 16.8 Å². The van der Waals surface area contributed by atoms with Crippen molar-refractivity contribution < 1.29 is 22.7 Å². The zero-order chi connectivity index (χ0) is 26.7. The van der Waals surface area contributed by atoms with Gasteiger partial charge in [-0.25, -0.2) is 0 Å². The number of nitrogens with zero attached hydrogens (tertiary/aromatic N) is 2. The molecule has 1 fully saturated rings. The first-order valence-electron chi connectivity index (χ1n) is 11.3. The molecular weight excluding hydrogens is 545 g/mol. The second-order valence-corrected chi connectivity index (χ2v) is 11.4. The highest BCUT2D eigenvalue weighted by Gasteiger charge is 2.36. The molecule has 38 heavy (non-hydrogen) atoms. The number of carbonyl (C=O) groups excluding carboxylic acids is 2. The first kappa shape index (κ1) is 25.6. The molecule has 0 radical (unpaired) electrons. The van der Waals surface area contributed by atoms with Crippen molar-refractivity contribution in [1.29, 1.82) is 0 Å². The summed E-state index contributed by atoms with van der Waals surface area (Å²) in [4.78, 5) is 25.6. The van der Waals surface area contributed by atoms with E-state index in [9.17, 15) is 18.0 Å². The maximum absolute atomic E-state index is 13.1. The van der Waals surface area contributed by atoms with Crippen molar-refractivity contribution in [1.82, 2.24) is 15.8 Å². The second kappa shape index (κ2) is 10.8. The molecule has 0 bridgehead atoms. The molecule has 2 N–H and O–H groups in total. The van der Waals surface area contributed by atoms with E-state index in [-0.39, 0.29) is 27.6 Å². The Balaban J connectivity index is 1.23. The topological polar surface area (TPSA) is 117 Å². The maximum Gasteiger partial charge on any atom is 0.285 e. The van der Waals surface area contributed by atoms with Gasteiger partial charge < -0.3 is 10.1 Å². The molecule has 0 spiro atoms. The summed E-state index contributed by atoms with van der Waals surface area (Å²) in [6.45, 7) is 0.248. The summed E-state index contributed by atoms with van der Waals surface area (Å²) in [6.07, 6.45) is 1.64. The summed E-state index contributed by atoms with van der Waals surface area (Å²) in [7, 11) is -3.85. The van der Waals surface area contributed by atoms with Crippen molar-refractivity contribution in [3.63, 3.8) is 0 Å². The minimum atomic E-state index is -3.85. The van der Waals surface area contributed by atoms with Crippen LogP contribution in [0.3, 0.4) is 0 Å². The summed E-state index contributed by atoms with van der Waals surface area (Å²) in [6, 6.07) is 22.8. The van der Waals surface area contributed by atoms with Gasteiger partial charge in [0.05, 0.1) is 4.91 Å². The highest BCUT2D eigenvalue weighted by Crippen LogP contribution is 2.33. The molecule has 2 amide bonds. The Morgan fingerprint density at radius 2 is 1.82 bits per heavy atom. The zero-order valence-corrected chi connectivity index (χ0v) is 22.1. The van der Waals surface area contributed by atoms with E-state index in [0.717, 1.165) is 22.3 Å². The SMILES string of the molecule is O=C(COc1cccc(/C=C2\SC(=S)N(NC3=NS(=O)(=O)c4ccccc43)C2=O)c1)NCc1ccccc1. The first-order chi connectivity index (χ1) is 18.3. The first-order valence-corrected chi connectivity index (χ1v) is 14.0. The summed E-state index contributed by atoms with van der Waals surface area (Å²) < 4.78 is 34.2. The molecule has 12 heteroatoms. The fourth-order valence-electron chi connectivity index (χ4n) is 3.70. The van der Waals surface area contributed by atoms with Gasteiger partial charge >= 0.3 is 0 Å². The molecule has 0 aromatic heterocycles. The number of hydrazine groups is 1. The predicted molar refractivity (Wildman–Crippen MR) is 149 cm³/mol. The van der Waals surface area contributed by atoms with Gasteiger partial charge in [-0.2, -0.15) is 13.4 Å². The molecule has 5 rings (SSSR count). The van der Waals surface area contributed by atoms with Crippen LogP contribution in [-0.4, -0.2) is 42.0 Å². The molecule has 2 heterocycles. The third-order valence-electron chi connectivity index (χ3n) is 5.50. The lowest BCUT2D eigenvalue weighted by Crippen LogP contribution is -2.44. The van der Waals surface area contributed by atoms with Crippen molar-refractivity contribution in [3.8, 4) is 5.75 Å². The van der Waals surface area contributed by atoms with Gasteiger partial charge in [-0.05, 0) is 53.7 Å². The Kier molecular flexibility index (Phi) is 7.27. The zero-order valence-electron chi connectivity index (χ0n) is 19.7. The van der Waals surface area contributed by atoms with Gasteiger partial charge in [0, 0.05) is 12.1 Å². The average Bonchev–Trinajstić information content (AvgIpc) is 3.33. The molecule has 2 aliphatic heterocycles. The van der Waals surface area contributed by atoms with E-state index < -0.39 is 15.9 Å². The van der Waals surface area contributed by atoms with Crippen LogP contribution in [0.25, 0.3) is 6.08 Å². The molecular formula is C26H20N4O5S3. The number of amides is 2. The molecule has 0 aliphatic carbocycles. The molecule has 0 atom stereocenters. The van der Waals surface area contributed by atoms with Crippen LogP contribution in [-0.2, 0) is 26.2 Å². The van der Waals surface area contributed by atoms with Gasteiger partial charge in [0.2, 0.25) is 0 Å². The minimum absolute atomic E-state index is 0.0269. The predicted octanol–water partition coefficient (Wildman–Crippen LogP) is 3.24. The fourth-order valence-corrected chi connectivity index (χ4v) is 6.05. The van der Waals surface area contributed by atoms with Crippen LogP contribution in [0.2, 0.25) is 0 Å². The Labute approximate surface area is 228 Å². The summed E-state index contributed by atoms with van der Waals surface area (Å²) in [5.74, 6) is -0.218. The number of amidine groups is 1. The van der Waals surface area contributed by atoms with Crippen LogP contribution in [0, 0.1) is 0 Å². The van der Waals surface area contributed by atoms with E-state index in [1.807, 2.05) is 30.3 Å². The third-order valence-corrected chi connectivity index (χ3v) is 8.14. The van der Waals surface area contributed by atoms with Crippen molar-refractivity contribution >= 4 is 62.0 Å². The number of carbonyl (C=O) groups is 2. The number of fused-ring (bicyclic) bond motifs is 1. The molecule has 3 aromatic rings. The standard InChI is InChI=1S/C26H20N4O5S3/c31-23(27-15-17-7-2-1-3-8-17)16-35-19-10-6-9-18(13-19)14-21-25(32)30(26(36)37-21)28-24-20-11-4-5-12-22(20)38(33,34)29-24/h1-14H,15-16H2,(H,27,31)(H,28,29)/b21-14-. The average molecular weight is 565 g/mol. The van der Waals surface area contributed by atoms with Crippen molar-refractivity contribution in [3.05, 3.63) is 100 Å². The molecule has 2 aliphatic rings. The number of ether oxygens (including phenoxy) is 1. The summed E-state index contributed by atoms with van der Waals surface area (Å²) in [5, 5.41) is 3.90. The fraction of sp³-hybridized carbons (Fsp3) is 0.0769. The van der Waals surface area contributed by atoms with Gasteiger partial charge in [0.1, 0.15) is 10.6 Å². The lowest BCUT2D eigenvalue weighted by Gasteiger charge is -2.16. The number of hydrogen-bond acceptors (Lipinski definition) is 8. The third kappa shape index (κ3) is 5.62. The number of sulfonamides is 1. The normalized spacial score (nSPS) is 16.8. The van der Waals surface area contributed by atoms with Crippen molar-refractivity contribution in [2.45, 2.75) is 11.4 Å². The van der Waals surface area contributed by atoms with Crippen LogP contribution in [0.4, 0.5) is 0 Å². The molecule has 192 valence electrons. The van der Waals surface area contributed by atoms with Crippen LogP contribution in [0.1, 0.15) is 16.7 Å². The molecule has 0 saturated carbocycles. The van der Waals surface area contributed by atoms with Gasteiger partial charge in [0.25, 0.3) is 21.8 Å². The molecule has 0 unspecified atom stereocenters. The minimum Gasteiger partial charge on any atom is -0.484 e. The highest BCUT2D eigenvalue weighted by atomic mass is 32.2. The second-order valence-electron chi connectivity index (χ2n) is 8.16. The van der Waals surface area contributed by atoms with Crippen molar-refractivity contribution in [2.24, 2.45) is 4.40 Å². The van der Waals surface area contributed by atoms with E-state index >= 15 is 0 Å². The van der Waals surface area contributed by atoms with Crippen LogP contribution in [0.15, 0.2) is 93.1 Å². The van der Waals surface area contributed by atoms with E-state index in [1.54, 1.807) is 48.5 Å². The maximum atomic E-state index is 13.1. The van der Waals surface area contributed by atoms with Crippen LogP contribution >= 0.6 is 24.0 Å². The quantitative estimate of drug-likeness (QED) is 0.332. The number of benzene rings is 3. The Morgan fingerprint density at radius 3 is 2.63 bits per heavy atom. The van der Waals surface area contributed by atoms with Gasteiger partial charge in [-0.3, -0.25) is 15.0 Å². The molecule has 9 nitrogen and oxygen atoms in total. The van der Waals surface area contributed by atoms with Gasteiger partial charge in [-0.1, -0.05) is 66.4 Å². The summed E-state index contributed by atoms with van der Waals surface area (Å²) in [5.41, 5.74) is 4.77. The van der Waals surface area contributed by atoms with E-state index in [0.29, 0.717) is 28.3 Å². The van der Waals surface area contributed by atoms with Crippen LogP contribution < -0.4 is 15.5 Å². The molecule has 1 saturated heterocycles.